The molecular weight excluding hydrogens is 388 g/mol. The van der Waals surface area contributed by atoms with Crippen molar-refractivity contribution in [3.63, 3.8) is 0 Å². The van der Waals surface area contributed by atoms with Crippen molar-refractivity contribution in [2.24, 2.45) is 0 Å². The molecular formula is C26H27N2O3+. The third-order valence-electron chi connectivity index (χ3n) is 5.55. The van der Waals surface area contributed by atoms with Crippen LogP contribution in [-0.2, 0) is 4.74 Å². The summed E-state index contributed by atoms with van der Waals surface area (Å²) >= 11 is 0. The van der Waals surface area contributed by atoms with Crippen LogP contribution in [0.25, 0.3) is 33.4 Å². The van der Waals surface area contributed by atoms with Gasteiger partial charge in [0.2, 0.25) is 5.36 Å². The smallest absolute Gasteiger partial charge is 0.338 e. The van der Waals surface area contributed by atoms with Gasteiger partial charge in [-0.1, -0.05) is 18.2 Å². The number of nitrogens with zero attached hydrogens (tertiary/aromatic N) is 1. The van der Waals surface area contributed by atoms with Crippen molar-refractivity contribution in [1.82, 2.24) is 4.58 Å². The Morgan fingerprint density at radius 2 is 1.74 bits per heavy atom. The number of esters is 1. The van der Waals surface area contributed by atoms with Gasteiger partial charge in [-0.2, -0.15) is 0 Å². The molecule has 0 spiro atoms. The topological polar surface area (TPSA) is 68.5 Å². The summed E-state index contributed by atoms with van der Waals surface area (Å²) in [6.07, 6.45) is 0. The Kier molecular flexibility index (Phi) is 5.76. The van der Waals surface area contributed by atoms with Crippen LogP contribution in [0.15, 0.2) is 65.1 Å². The average molecular weight is 416 g/mol. The van der Waals surface area contributed by atoms with Gasteiger partial charge < -0.3 is 14.9 Å². The van der Waals surface area contributed by atoms with Crippen molar-refractivity contribution in [1.29, 1.82) is 0 Å². The lowest BCUT2D eigenvalue weighted by molar-refractivity contribution is 0.0527. The van der Waals surface area contributed by atoms with E-state index in [1.807, 2.05) is 43.3 Å². The van der Waals surface area contributed by atoms with Crippen molar-refractivity contribution in [3.05, 3.63) is 71.6 Å². The number of nitrogens with two attached hydrogens (primary N) is 1. The second-order valence-corrected chi connectivity index (χ2v) is 7.35. The number of carbonyl (C=O) groups excluding carboxylic acids is 1. The number of hydrogen-bond acceptors (Lipinski definition) is 4. The van der Waals surface area contributed by atoms with E-state index in [0.717, 1.165) is 46.3 Å². The van der Waals surface area contributed by atoms with Crippen molar-refractivity contribution < 1.29 is 13.9 Å². The highest BCUT2D eigenvalue weighted by molar-refractivity contribution is 6.08. The summed E-state index contributed by atoms with van der Waals surface area (Å²) in [5, 5.41) is 1.99. The summed E-state index contributed by atoms with van der Waals surface area (Å²) in [4.78, 5) is 12.7. The molecule has 158 valence electrons. The summed E-state index contributed by atoms with van der Waals surface area (Å²) in [5.41, 5.74) is 10.6. The van der Waals surface area contributed by atoms with Crippen LogP contribution < -0.4 is 15.7 Å². The first kappa shape index (κ1) is 20.7. The first-order valence-electron chi connectivity index (χ1n) is 10.7. The van der Waals surface area contributed by atoms with Crippen LogP contribution in [-0.4, -0.2) is 25.7 Å². The number of hydrogen-bond donors (Lipinski definition) is 1. The van der Waals surface area contributed by atoms with Gasteiger partial charge >= 0.3 is 5.97 Å². The molecule has 4 rings (SSSR count). The third-order valence-corrected chi connectivity index (χ3v) is 5.55. The fraction of sp³-hybridized carbons (Fsp3) is 0.231. The lowest BCUT2D eigenvalue weighted by Crippen LogP contribution is -2.29. The number of anilines is 1. The predicted molar refractivity (Wildman–Crippen MR) is 125 cm³/mol. The molecule has 2 aromatic rings. The Morgan fingerprint density at radius 1 is 0.968 bits per heavy atom. The molecule has 0 unspecified atom stereocenters. The van der Waals surface area contributed by atoms with Gasteiger partial charge in [0.15, 0.2) is 0 Å². The molecule has 1 heterocycles. The maximum absolute atomic E-state index is 12.7. The highest BCUT2D eigenvalue weighted by Gasteiger charge is 2.22. The minimum Gasteiger partial charge on any atom is -0.462 e. The van der Waals surface area contributed by atoms with E-state index < -0.39 is 0 Å². The highest BCUT2D eigenvalue weighted by Crippen LogP contribution is 2.41. The maximum atomic E-state index is 12.7. The van der Waals surface area contributed by atoms with E-state index >= 15 is 0 Å². The number of fused-ring (bicyclic) bond motifs is 2. The number of nitrogen functional groups attached to an aromatic ring is 1. The SMILES string of the molecule is CCOC(=O)c1ccccc1-c1c2ccc(=[N+](CC)CC)cc-2oc2cc(N)ccc12. The van der Waals surface area contributed by atoms with Crippen LogP contribution in [0.4, 0.5) is 5.69 Å². The van der Waals surface area contributed by atoms with E-state index in [-0.39, 0.29) is 5.97 Å². The lowest BCUT2D eigenvalue weighted by atomic mass is 9.90. The molecule has 0 saturated carbocycles. The molecule has 2 aromatic carbocycles. The molecule has 0 aromatic heterocycles. The fourth-order valence-corrected chi connectivity index (χ4v) is 4.06. The van der Waals surface area contributed by atoms with Gasteiger partial charge in [-0.3, -0.25) is 0 Å². The van der Waals surface area contributed by atoms with Gasteiger partial charge in [0, 0.05) is 34.3 Å². The zero-order valence-corrected chi connectivity index (χ0v) is 18.1. The van der Waals surface area contributed by atoms with Crippen molar-refractivity contribution in [3.8, 4) is 22.5 Å². The average Bonchev–Trinajstić information content (AvgIpc) is 2.78. The minimum absolute atomic E-state index is 0.322. The Labute approximate surface area is 181 Å². The molecule has 0 fully saturated rings. The van der Waals surface area contributed by atoms with E-state index in [4.69, 9.17) is 14.9 Å². The maximum Gasteiger partial charge on any atom is 0.338 e. The Balaban J connectivity index is 2.12. The van der Waals surface area contributed by atoms with Crippen LogP contribution in [0, 0.1) is 0 Å². The van der Waals surface area contributed by atoms with Crippen molar-refractivity contribution in [2.75, 3.05) is 25.4 Å². The number of ether oxygens (including phenoxy) is 1. The first-order chi connectivity index (χ1) is 15.1. The molecule has 0 radical (unpaired) electrons. The second-order valence-electron chi connectivity index (χ2n) is 7.35. The van der Waals surface area contributed by atoms with E-state index in [1.54, 1.807) is 6.07 Å². The van der Waals surface area contributed by atoms with Crippen LogP contribution >= 0.6 is 0 Å². The zero-order chi connectivity index (χ0) is 22.0. The number of benzene rings is 3. The quantitative estimate of drug-likeness (QED) is 0.221. The van der Waals surface area contributed by atoms with Crippen molar-refractivity contribution >= 4 is 22.6 Å². The molecule has 31 heavy (non-hydrogen) atoms. The summed E-state index contributed by atoms with van der Waals surface area (Å²) in [7, 11) is 0. The zero-order valence-electron chi connectivity index (χ0n) is 18.1. The predicted octanol–water partition coefficient (Wildman–Crippen LogP) is 4.78. The molecule has 0 bridgehead atoms. The lowest BCUT2D eigenvalue weighted by Gasteiger charge is -2.17. The summed E-state index contributed by atoms with van der Waals surface area (Å²) < 4.78 is 13.9. The second kappa shape index (κ2) is 8.64. The number of rotatable bonds is 5. The fourth-order valence-electron chi connectivity index (χ4n) is 4.06. The molecule has 0 saturated heterocycles. The molecule has 0 atom stereocenters. The minimum atomic E-state index is -0.338. The molecule has 2 N–H and O–H groups in total. The summed E-state index contributed by atoms with van der Waals surface area (Å²) in [6.45, 7) is 8.20. The molecule has 1 aliphatic carbocycles. The van der Waals surface area contributed by atoms with E-state index in [0.29, 0.717) is 23.4 Å². The normalized spacial score (nSPS) is 11.1. The van der Waals surface area contributed by atoms with Crippen molar-refractivity contribution in [2.45, 2.75) is 20.8 Å². The van der Waals surface area contributed by atoms with Gasteiger partial charge in [0.25, 0.3) is 0 Å². The summed E-state index contributed by atoms with van der Waals surface area (Å²) in [5.74, 6) is 0.409. The van der Waals surface area contributed by atoms with Crippen LogP contribution in [0.2, 0.25) is 0 Å². The standard InChI is InChI=1S/C26H26N2O3/c1-4-28(5-2)18-12-14-22-24(16-18)31-23-15-17(27)11-13-21(23)25(22)19-9-7-8-10-20(19)26(29)30-6-3/h7-16,27H,4-6H2,1-3H3/p+1. The van der Waals surface area contributed by atoms with Gasteiger partial charge in [-0.15, -0.1) is 0 Å². The van der Waals surface area contributed by atoms with E-state index in [1.165, 1.54) is 0 Å². The Morgan fingerprint density at radius 3 is 2.48 bits per heavy atom. The molecule has 0 amide bonds. The Hall–Kier alpha value is -3.60. The van der Waals surface area contributed by atoms with Gasteiger partial charge in [-0.25, -0.2) is 9.37 Å². The third kappa shape index (κ3) is 3.79. The summed E-state index contributed by atoms with van der Waals surface area (Å²) in [6, 6.07) is 19.4. The van der Waals surface area contributed by atoms with Crippen LogP contribution in [0.3, 0.4) is 0 Å². The van der Waals surface area contributed by atoms with Gasteiger partial charge in [-0.05, 0) is 50.6 Å². The molecule has 1 aliphatic heterocycles. The monoisotopic (exact) mass is 415 g/mol. The molecule has 2 aliphatic rings. The Bertz CT molecular complexity index is 1300. The molecule has 5 heteroatoms. The number of carbonyl (C=O) groups is 1. The largest absolute Gasteiger partial charge is 0.462 e. The molecule has 5 nitrogen and oxygen atoms in total. The van der Waals surface area contributed by atoms with Gasteiger partial charge in [0.1, 0.15) is 24.4 Å². The van der Waals surface area contributed by atoms with Crippen LogP contribution in [0.1, 0.15) is 31.1 Å². The van der Waals surface area contributed by atoms with Gasteiger partial charge in [0.05, 0.1) is 18.2 Å². The highest BCUT2D eigenvalue weighted by atomic mass is 16.5. The van der Waals surface area contributed by atoms with E-state index in [2.05, 4.69) is 36.6 Å². The van der Waals surface area contributed by atoms with E-state index in [9.17, 15) is 4.79 Å². The van der Waals surface area contributed by atoms with Crippen LogP contribution in [0.5, 0.6) is 0 Å². The first-order valence-corrected chi connectivity index (χ1v) is 10.7.